The standard InChI is InChI=1S/C20H19NO3/c1-23-12-6-7-14-16(10-12)13-4-2-3-5-15(13)19-17(14)11-18-21(20(19)22)8-9-24-18/h2-7,10,17-19H,8-9,11H2,1H3/t17-,18-,19+/m1/s1. The Morgan fingerprint density at radius 2 is 2.00 bits per heavy atom. The maximum Gasteiger partial charge on any atom is 0.232 e. The SMILES string of the molecule is COc1ccc2c(c1)-c1ccccc1[C@@H]1C(=O)N3CCO[C@@H]3C[C@H]21. The van der Waals surface area contributed by atoms with Crippen LogP contribution in [0.1, 0.15) is 29.4 Å². The molecule has 1 amide bonds. The summed E-state index contributed by atoms with van der Waals surface area (Å²) in [6, 6.07) is 14.5. The summed E-state index contributed by atoms with van der Waals surface area (Å²) in [7, 11) is 1.69. The Bertz CT molecular complexity index is 831. The van der Waals surface area contributed by atoms with Gasteiger partial charge in [0.1, 0.15) is 12.0 Å². The van der Waals surface area contributed by atoms with Gasteiger partial charge in [-0.2, -0.15) is 0 Å². The number of hydrogen-bond donors (Lipinski definition) is 0. The van der Waals surface area contributed by atoms with Crippen LogP contribution in [0.4, 0.5) is 0 Å². The van der Waals surface area contributed by atoms with Crippen LogP contribution >= 0.6 is 0 Å². The first-order chi connectivity index (χ1) is 11.8. The van der Waals surface area contributed by atoms with Gasteiger partial charge in [-0.25, -0.2) is 0 Å². The van der Waals surface area contributed by atoms with E-state index in [1.807, 2.05) is 23.1 Å². The Labute approximate surface area is 141 Å². The van der Waals surface area contributed by atoms with Gasteiger partial charge in [0.05, 0.1) is 19.6 Å². The van der Waals surface area contributed by atoms with E-state index in [9.17, 15) is 4.79 Å². The highest BCUT2D eigenvalue weighted by molar-refractivity contribution is 5.92. The van der Waals surface area contributed by atoms with Gasteiger partial charge in [0.2, 0.25) is 5.91 Å². The zero-order valence-corrected chi connectivity index (χ0v) is 13.6. The van der Waals surface area contributed by atoms with Gasteiger partial charge in [0, 0.05) is 18.9 Å². The Morgan fingerprint density at radius 1 is 1.12 bits per heavy atom. The molecule has 0 aromatic heterocycles. The largest absolute Gasteiger partial charge is 0.497 e. The average Bonchev–Trinajstić information content (AvgIpc) is 3.10. The number of rotatable bonds is 1. The molecule has 3 atom stereocenters. The number of piperidine rings is 1. The fourth-order valence-corrected chi connectivity index (χ4v) is 4.56. The minimum Gasteiger partial charge on any atom is -0.497 e. The number of carbonyl (C=O) groups is 1. The molecule has 0 unspecified atom stereocenters. The van der Waals surface area contributed by atoms with Gasteiger partial charge >= 0.3 is 0 Å². The number of fused-ring (bicyclic) bond motifs is 7. The van der Waals surface area contributed by atoms with Crippen molar-refractivity contribution in [2.24, 2.45) is 0 Å². The summed E-state index contributed by atoms with van der Waals surface area (Å²) in [5, 5.41) is 0. The summed E-state index contributed by atoms with van der Waals surface area (Å²) >= 11 is 0. The fraction of sp³-hybridized carbons (Fsp3) is 0.350. The highest BCUT2D eigenvalue weighted by Gasteiger charge is 2.48. The molecule has 0 spiro atoms. The van der Waals surface area contributed by atoms with Gasteiger partial charge in [-0.05, 0) is 34.4 Å². The number of carbonyl (C=O) groups excluding carboxylic acids is 1. The van der Waals surface area contributed by atoms with Crippen LogP contribution < -0.4 is 4.74 Å². The lowest BCUT2D eigenvalue weighted by molar-refractivity contribution is -0.143. The molecule has 24 heavy (non-hydrogen) atoms. The van der Waals surface area contributed by atoms with Gasteiger partial charge in [-0.15, -0.1) is 0 Å². The first-order valence-corrected chi connectivity index (χ1v) is 8.47. The number of nitrogens with zero attached hydrogens (tertiary/aromatic N) is 1. The second-order valence-corrected chi connectivity index (χ2v) is 6.72. The molecular weight excluding hydrogens is 302 g/mol. The first-order valence-electron chi connectivity index (χ1n) is 8.47. The van der Waals surface area contributed by atoms with Crippen LogP contribution in [0, 0.1) is 0 Å². The van der Waals surface area contributed by atoms with Crippen LogP contribution in [0.2, 0.25) is 0 Å². The molecule has 2 aromatic rings. The smallest absolute Gasteiger partial charge is 0.232 e. The van der Waals surface area contributed by atoms with Gasteiger partial charge in [0.15, 0.2) is 0 Å². The Balaban J connectivity index is 1.73. The Hall–Kier alpha value is -2.33. The number of ether oxygens (including phenoxy) is 2. The van der Waals surface area contributed by atoms with Crippen molar-refractivity contribution in [3.8, 4) is 16.9 Å². The quantitative estimate of drug-likeness (QED) is 0.810. The molecule has 4 heteroatoms. The number of hydrogen-bond acceptors (Lipinski definition) is 3. The van der Waals surface area contributed by atoms with Gasteiger partial charge in [-0.3, -0.25) is 4.79 Å². The number of methoxy groups -OCH3 is 1. The van der Waals surface area contributed by atoms with Gasteiger partial charge in [0.25, 0.3) is 0 Å². The predicted octanol–water partition coefficient (Wildman–Crippen LogP) is 3.13. The van der Waals surface area contributed by atoms with E-state index in [1.54, 1.807) is 7.11 Å². The van der Waals surface area contributed by atoms with Crippen molar-refractivity contribution < 1.29 is 14.3 Å². The maximum atomic E-state index is 13.2. The fourth-order valence-electron chi connectivity index (χ4n) is 4.56. The van der Waals surface area contributed by atoms with Gasteiger partial charge in [-0.1, -0.05) is 30.3 Å². The van der Waals surface area contributed by atoms with E-state index in [-0.39, 0.29) is 24.0 Å². The Morgan fingerprint density at radius 3 is 2.88 bits per heavy atom. The summed E-state index contributed by atoms with van der Waals surface area (Å²) < 4.78 is 11.2. The summed E-state index contributed by atoms with van der Waals surface area (Å²) in [5.74, 6) is 1.14. The van der Waals surface area contributed by atoms with Gasteiger partial charge < -0.3 is 14.4 Å². The van der Waals surface area contributed by atoms with E-state index in [4.69, 9.17) is 9.47 Å². The summed E-state index contributed by atoms with van der Waals surface area (Å²) in [6.07, 6.45) is 0.795. The third-order valence-electron chi connectivity index (χ3n) is 5.64. The van der Waals surface area contributed by atoms with Crippen LogP contribution in [0.3, 0.4) is 0 Å². The lowest BCUT2D eigenvalue weighted by atomic mass is 9.68. The molecule has 3 aliphatic rings. The molecule has 5 rings (SSSR count). The molecule has 0 radical (unpaired) electrons. The summed E-state index contributed by atoms with van der Waals surface area (Å²) in [5.41, 5.74) is 4.71. The molecule has 2 aromatic carbocycles. The molecule has 2 aliphatic heterocycles. The highest BCUT2D eigenvalue weighted by atomic mass is 16.5. The highest BCUT2D eigenvalue weighted by Crippen LogP contribution is 2.53. The lowest BCUT2D eigenvalue weighted by Gasteiger charge is -2.43. The van der Waals surface area contributed by atoms with Crippen molar-refractivity contribution in [2.45, 2.75) is 24.5 Å². The van der Waals surface area contributed by atoms with E-state index in [1.165, 1.54) is 11.1 Å². The second-order valence-electron chi connectivity index (χ2n) is 6.72. The van der Waals surface area contributed by atoms with Crippen LogP contribution in [0.15, 0.2) is 42.5 Å². The molecule has 0 bridgehead atoms. The van der Waals surface area contributed by atoms with Crippen LogP contribution in [-0.4, -0.2) is 37.3 Å². The summed E-state index contributed by atoms with van der Waals surface area (Å²) in [4.78, 5) is 15.1. The van der Waals surface area contributed by atoms with Crippen molar-refractivity contribution in [3.63, 3.8) is 0 Å². The van der Waals surface area contributed by atoms with Crippen LogP contribution in [0.25, 0.3) is 11.1 Å². The normalized spacial score (nSPS) is 27.1. The second kappa shape index (κ2) is 5.08. The molecule has 2 heterocycles. The third-order valence-corrected chi connectivity index (χ3v) is 5.64. The van der Waals surface area contributed by atoms with Crippen molar-refractivity contribution >= 4 is 5.91 Å². The molecular formula is C20H19NO3. The lowest BCUT2D eigenvalue weighted by Crippen LogP contribution is -2.47. The topological polar surface area (TPSA) is 38.8 Å². The van der Waals surface area contributed by atoms with Crippen molar-refractivity contribution in [3.05, 3.63) is 53.6 Å². The predicted molar refractivity (Wildman–Crippen MR) is 90.0 cm³/mol. The van der Waals surface area contributed by atoms with E-state index < -0.39 is 0 Å². The molecule has 0 saturated carbocycles. The monoisotopic (exact) mass is 321 g/mol. The van der Waals surface area contributed by atoms with E-state index in [2.05, 4.69) is 24.3 Å². The molecule has 2 fully saturated rings. The van der Waals surface area contributed by atoms with Crippen molar-refractivity contribution in [2.75, 3.05) is 20.3 Å². The molecule has 0 N–H and O–H groups in total. The van der Waals surface area contributed by atoms with Crippen LogP contribution in [0.5, 0.6) is 5.75 Å². The number of benzene rings is 2. The number of amides is 1. The zero-order valence-electron chi connectivity index (χ0n) is 13.6. The molecule has 4 nitrogen and oxygen atoms in total. The average molecular weight is 321 g/mol. The van der Waals surface area contributed by atoms with Crippen molar-refractivity contribution in [1.29, 1.82) is 0 Å². The third kappa shape index (κ3) is 1.80. The Kier molecular flexibility index (Phi) is 2.98. The van der Waals surface area contributed by atoms with E-state index in [0.717, 1.165) is 23.3 Å². The first kappa shape index (κ1) is 14.1. The summed E-state index contributed by atoms with van der Waals surface area (Å²) in [6.45, 7) is 1.36. The minimum atomic E-state index is -0.0972. The van der Waals surface area contributed by atoms with E-state index in [0.29, 0.717) is 13.2 Å². The maximum absolute atomic E-state index is 13.2. The van der Waals surface area contributed by atoms with Crippen LogP contribution in [-0.2, 0) is 9.53 Å². The molecule has 1 aliphatic carbocycles. The van der Waals surface area contributed by atoms with E-state index >= 15 is 0 Å². The van der Waals surface area contributed by atoms with Crippen molar-refractivity contribution in [1.82, 2.24) is 4.90 Å². The zero-order chi connectivity index (χ0) is 16.3. The minimum absolute atomic E-state index is 0.0704. The molecule has 122 valence electrons. The molecule has 2 saturated heterocycles.